The maximum absolute atomic E-state index is 13.4. The fraction of sp³-hybridized carbons (Fsp3) is 0. The van der Waals surface area contributed by atoms with Crippen LogP contribution in [0.15, 0.2) is 36.4 Å². The van der Waals surface area contributed by atoms with Gasteiger partial charge in [-0.05, 0) is 36.4 Å². The summed E-state index contributed by atoms with van der Waals surface area (Å²) in [6, 6.07) is 5.87. The largest absolute Gasteiger partial charge is 0.507 e. The minimum absolute atomic E-state index is 0.0722. The van der Waals surface area contributed by atoms with Crippen molar-refractivity contribution < 1.29 is 18.3 Å². The van der Waals surface area contributed by atoms with Gasteiger partial charge in [-0.3, -0.25) is 0 Å². The van der Waals surface area contributed by atoms with Crippen LogP contribution in [0.25, 0.3) is 11.1 Å². The van der Waals surface area contributed by atoms with E-state index in [-0.39, 0.29) is 16.9 Å². The average Bonchev–Trinajstić information content (AvgIpc) is 2.25. The van der Waals surface area contributed by atoms with Crippen molar-refractivity contribution in [2.45, 2.75) is 0 Å². The normalized spacial score (nSPS) is 10.4. The predicted octanol–water partition coefficient (Wildman–Crippen LogP) is 3.48. The molecule has 0 aliphatic rings. The van der Waals surface area contributed by atoms with E-state index in [2.05, 4.69) is 0 Å². The lowest BCUT2D eigenvalue weighted by atomic mass is 10.0. The fourth-order valence-corrected chi connectivity index (χ4v) is 1.43. The summed E-state index contributed by atoms with van der Waals surface area (Å²) in [5.41, 5.74) is -0.242. The van der Waals surface area contributed by atoms with Gasteiger partial charge in [0.15, 0.2) is 0 Å². The van der Waals surface area contributed by atoms with Crippen LogP contribution >= 0.6 is 0 Å². The molecule has 0 heterocycles. The molecule has 16 heavy (non-hydrogen) atoms. The van der Waals surface area contributed by atoms with E-state index < -0.39 is 17.5 Å². The van der Waals surface area contributed by atoms with Crippen LogP contribution in [-0.4, -0.2) is 5.11 Å². The van der Waals surface area contributed by atoms with Crippen molar-refractivity contribution in [2.75, 3.05) is 0 Å². The number of phenols is 1. The van der Waals surface area contributed by atoms with Gasteiger partial charge in [-0.25, -0.2) is 13.2 Å². The first kappa shape index (κ1) is 10.5. The molecular weight excluding hydrogens is 217 g/mol. The summed E-state index contributed by atoms with van der Waals surface area (Å²) in [5, 5.41) is 9.45. The maximum Gasteiger partial charge on any atom is 0.131 e. The number of aromatic hydroxyl groups is 1. The SMILES string of the molecule is Oc1ccc(F)cc1-c1cc(F)ccc1F. The van der Waals surface area contributed by atoms with Crippen LogP contribution in [0.3, 0.4) is 0 Å². The molecule has 0 amide bonds. The van der Waals surface area contributed by atoms with Gasteiger partial charge in [0.1, 0.15) is 23.2 Å². The van der Waals surface area contributed by atoms with E-state index in [0.717, 1.165) is 36.4 Å². The first-order valence-corrected chi connectivity index (χ1v) is 4.52. The van der Waals surface area contributed by atoms with Crippen molar-refractivity contribution in [3.05, 3.63) is 53.8 Å². The smallest absolute Gasteiger partial charge is 0.131 e. The van der Waals surface area contributed by atoms with Gasteiger partial charge in [0.2, 0.25) is 0 Å². The predicted molar refractivity (Wildman–Crippen MR) is 53.4 cm³/mol. The van der Waals surface area contributed by atoms with E-state index in [9.17, 15) is 18.3 Å². The summed E-state index contributed by atoms with van der Waals surface area (Å²) in [7, 11) is 0. The summed E-state index contributed by atoms with van der Waals surface area (Å²) < 4.78 is 39.2. The van der Waals surface area contributed by atoms with Gasteiger partial charge >= 0.3 is 0 Å². The highest BCUT2D eigenvalue weighted by atomic mass is 19.1. The van der Waals surface area contributed by atoms with Gasteiger partial charge in [-0.15, -0.1) is 0 Å². The molecule has 2 rings (SSSR count). The zero-order chi connectivity index (χ0) is 11.7. The van der Waals surface area contributed by atoms with E-state index in [4.69, 9.17) is 0 Å². The van der Waals surface area contributed by atoms with Crippen LogP contribution in [0.5, 0.6) is 5.75 Å². The number of rotatable bonds is 1. The first-order chi connectivity index (χ1) is 7.58. The first-order valence-electron chi connectivity index (χ1n) is 4.52. The topological polar surface area (TPSA) is 20.2 Å². The van der Waals surface area contributed by atoms with Gasteiger partial charge in [0, 0.05) is 11.1 Å². The minimum atomic E-state index is -0.720. The number of hydrogen-bond acceptors (Lipinski definition) is 1. The summed E-state index contributed by atoms with van der Waals surface area (Å²) >= 11 is 0. The van der Waals surface area contributed by atoms with E-state index in [0.29, 0.717) is 0 Å². The lowest BCUT2D eigenvalue weighted by Gasteiger charge is -2.06. The quantitative estimate of drug-likeness (QED) is 0.786. The molecular formula is C12H7F3O. The van der Waals surface area contributed by atoms with E-state index >= 15 is 0 Å². The second kappa shape index (κ2) is 3.89. The highest BCUT2D eigenvalue weighted by Gasteiger charge is 2.11. The van der Waals surface area contributed by atoms with Crippen LogP contribution in [0.4, 0.5) is 13.2 Å². The maximum atomic E-state index is 13.4. The third-order valence-corrected chi connectivity index (χ3v) is 2.18. The minimum Gasteiger partial charge on any atom is -0.507 e. The summed E-state index contributed by atoms with van der Waals surface area (Å²) in [4.78, 5) is 0. The van der Waals surface area contributed by atoms with Crippen molar-refractivity contribution in [2.24, 2.45) is 0 Å². The van der Waals surface area contributed by atoms with Crippen LogP contribution < -0.4 is 0 Å². The van der Waals surface area contributed by atoms with E-state index in [1.807, 2.05) is 0 Å². The standard InChI is InChI=1S/C12H7F3O/c13-7-1-3-11(15)9(5-7)10-6-8(14)2-4-12(10)16/h1-6,16H. The molecule has 0 aromatic heterocycles. The molecule has 0 bridgehead atoms. The molecule has 2 aromatic rings. The summed E-state index contributed by atoms with van der Waals surface area (Å²) in [6.45, 7) is 0. The van der Waals surface area contributed by atoms with Gasteiger partial charge in [-0.1, -0.05) is 0 Å². The zero-order valence-corrected chi connectivity index (χ0v) is 8.05. The van der Waals surface area contributed by atoms with Crippen LogP contribution in [0.2, 0.25) is 0 Å². The van der Waals surface area contributed by atoms with Crippen molar-refractivity contribution in [3.8, 4) is 16.9 Å². The molecule has 0 aliphatic heterocycles. The fourth-order valence-electron chi connectivity index (χ4n) is 1.43. The summed E-state index contributed by atoms with van der Waals surface area (Å²) in [5.74, 6) is -2.30. The zero-order valence-electron chi connectivity index (χ0n) is 8.05. The van der Waals surface area contributed by atoms with Crippen LogP contribution in [-0.2, 0) is 0 Å². The molecule has 0 aliphatic carbocycles. The second-order valence-corrected chi connectivity index (χ2v) is 3.29. The molecule has 0 fully saturated rings. The average molecular weight is 224 g/mol. The molecule has 2 aromatic carbocycles. The Morgan fingerprint density at radius 2 is 1.31 bits per heavy atom. The Morgan fingerprint density at radius 3 is 2.00 bits per heavy atom. The molecule has 1 nitrogen and oxygen atoms in total. The number of halogens is 3. The van der Waals surface area contributed by atoms with E-state index in [1.54, 1.807) is 0 Å². The Hall–Kier alpha value is -1.97. The monoisotopic (exact) mass is 224 g/mol. The molecule has 1 N–H and O–H groups in total. The number of phenolic OH excluding ortho intramolecular Hbond substituents is 1. The molecule has 0 atom stereocenters. The second-order valence-electron chi connectivity index (χ2n) is 3.29. The third-order valence-electron chi connectivity index (χ3n) is 2.18. The Bertz CT molecular complexity index is 488. The van der Waals surface area contributed by atoms with Crippen LogP contribution in [0, 0.1) is 17.5 Å². The summed E-state index contributed by atoms with van der Waals surface area (Å²) in [6.07, 6.45) is 0. The molecule has 0 radical (unpaired) electrons. The molecule has 82 valence electrons. The van der Waals surface area contributed by atoms with Gasteiger partial charge in [0.05, 0.1) is 0 Å². The lowest BCUT2D eigenvalue weighted by molar-refractivity contribution is 0.474. The molecule has 4 heteroatoms. The van der Waals surface area contributed by atoms with Gasteiger partial charge in [0.25, 0.3) is 0 Å². The van der Waals surface area contributed by atoms with Gasteiger partial charge < -0.3 is 5.11 Å². The van der Waals surface area contributed by atoms with E-state index in [1.165, 1.54) is 0 Å². The van der Waals surface area contributed by atoms with Crippen molar-refractivity contribution in [1.29, 1.82) is 0 Å². The third kappa shape index (κ3) is 1.86. The highest BCUT2D eigenvalue weighted by molar-refractivity contribution is 5.70. The number of benzene rings is 2. The molecule has 0 saturated carbocycles. The highest BCUT2D eigenvalue weighted by Crippen LogP contribution is 2.31. The molecule has 0 spiro atoms. The Kier molecular flexibility index (Phi) is 2.56. The van der Waals surface area contributed by atoms with Crippen LogP contribution in [0.1, 0.15) is 0 Å². The Balaban J connectivity index is 2.66. The lowest BCUT2D eigenvalue weighted by Crippen LogP contribution is -1.88. The Morgan fingerprint density at radius 1 is 0.750 bits per heavy atom. The Labute approximate surface area is 89.8 Å². The van der Waals surface area contributed by atoms with Crippen molar-refractivity contribution in [1.82, 2.24) is 0 Å². The molecule has 0 unspecified atom stereocenters. The van der Waals surface area contributed by atoms with Crippen molar-refractivity contribution >= 4 is 0 Å². The van der Waals surface area contributed by atoms with Gasteiger partial charge in [-0.2, -0.15) is 0 Å². The number of hydrogen-bond donors (Lipinski definition) is 1. The van der Waals surface area contributed by atoms with Crippen molar-refractivity contribution in [3.63, 3.8) is 0 Å². The molecule has 0 saturated heterocycles.